The van der Waals surface area contributed by atoms with Crippen LogP contribution >= 0.6 is 0 Å². The quantitative estimate of drug-likeness (QED) is 0.787. The van der Waals surface area contributed by atoms with E-state index in [2.05, 4.69) is 10.6 Å². The number of hydrogen-bond acceptors (Lipinski definition) is 4. The molecule has 2 amide bonds. The molecule has 6 heteroatoms. The van der Waals surface area contributed by atoms with Crippen molar-refractivity contribution in [1.29, 1.82) is 0 Å². The highest BCUT2D eigenvalue weighted by atomic mass is 16.7. The summed E-state index contributed by atoms with van der Waals surface area (Å²) < 4.78 is 10.5. The van der Waals surface area contributed by atoms with Gasteiger partial charge in [0.2, 0.25) is 18.6 Å². The zero-order valence-corrected chi connectivity index (χ0v) is 11.4. The first-order valence-electron chi connectivity index (χ1n) is 6.85. The Morgan fingerprint density at radius 1 is 1.24 bits per heavy atom. The molecule has 1 aliphatic carbocycles. The number of ether oxygens (including phenoxy) is 2. The second-order valence-electron chi connectivity index (χ2n) is 5.01. The van der Waals surface area contributed by atoms with E-state index in [0.717, 1.165) is 18.4 Å². The first kappa shape index (κ1) is 13.5. The SMILES string of the molecule is O=C(/C=C/c1ccc2c(c1)OCO2)NCC(=O)NC1CC1. The van der Waals surface area contributed by atoms with Crippen molar-refractivity contribution in [2.45, 2.75) is 18.9 Å². The molecule has 0 bridgehead atoms. The lowest BCUT2D eigenvalue weighted by Crippen LogP contribution is -2.37. The van der Waals surface area contributed by atoms with Crippen molar-refractivity contribution in [1.82, 2.24) is 10.6 Å². The molecule has 1 aromatic carbocycles. The Bertz CT molecular complexity index is 593. The third-order valence-corrected chi connectivity index (χ3v) is 3.19. The second-order valence-corrected chi connectivity index (χ2v) is 5.01. The molecule has 1 fully saturated rings. The summed E-state index contributed by atoms with van der Waals surface area (Å²) in [5.74, 6) is 0.913. The number of nitrogens with one attached hydrogen (secondary N) is 2. The maximum absolute atomic E-state index is 11.6. The highest BCUT2D eigenvalue weighted by Gasteiger charge is 2.22. The van der Waals surface area contributed by atoms with Crippen LogP contribution in [0.3, 0.4) is 0 Å². The fourth-order valence-corrected chi connectivity index (χ4v) is 1.92. The molecule has 0 unspecified atom stereocenters. The van der Waals surface area contributed by atoms with Gasteiger partial charge in [-0.25, -0.2) is 0 Å². The average molecular weight is 288 g/mol. The summed E-state index contributed by atoms with van der Waals surface area (Å²) in [7, 11) is 0. The van der Waals surface area contributed by atoms with Gasteiger partial charge in [0.05, 0.1) is 6.54 Å². The van der Waals surface area contributed by atoms with Crippen LogP contribution in [0.5, 0.6) is 11.5 Å². The number of fused-ring (bicyclic) bond motifs is 1. The smallest absolute Gasteiger partial charge is 0.244 e. The molecule has 0 saturated heterocycles. The molecule has 0 atom stereocenters. The summed E-state index contributed by atoms with van der Waals surface area (Å²) in [5, 5.41) is 5.35. The van der Waals surface area contributed by atoms with E-state index in [-0.39, 0.29) is 25.2 Å². The Hall–Kier alpha value is -2.50. The molecule has 1 heterocycles. The highest BCUT2D eigenvalue weighted by Crippen LogP contribution is 2.32. The zero-order valence-electron chi connectivity index (χ0n) is 11.4. The summed E-state index contributed by atoms with van der Waals surface area (Å²) in [6, 6.07) is 5.73. The predicted octanol–water partition coefficient (Wildman–Crippen LogP) is 0.823. The monoisotopic (exact) mass is 288 g/mol. The summed E-state index contributed by atoms with van der Waals surface area (Å²) in [5.41, 5.74) is 0.830. The van der Waals surface area contributed by atoms with Gasteiger partial charge in [-0.3, -0.25) is 9.59 Å². The van der Waals surface area contributed by atoms with E-state index in [0.29, 0.717) is 17.5 Å². The Balaban J connectivity index is 1.48. The minimum Gasteiger partial charge on any atom is -0.454 e. The summed E-state index contributed by atoms with van der Waals surface area (Å²) in [6.07, 6.45) is 5.12. The summed E-state index contributed by atoms with van der Waals surface area (Å²) in [4.78, 5) is 23.0. The molecule has 21 heavy (non-hydrogen) atoms. The Morgan fingerprint density at radius 2 is 2.05 bits per heavy atom. The Labute approximate surface area is 122 Å². The molecule has 0 spiro atoms. The number of benzene rings is 1. The van der Waals surface area contributed by atoms with Gasteiger partial charge >= 0.3 is 0 Å². The molecule has 0 aromatic heterocycles. The van der Waals surface area contributed by atoms with Crippen LogP contribution in [0.25, 0.3) is 6.08 Å². The normalized spacial score (nSPS) is 16.0. The lowest BCUT2D eigenvalue weighted by molar-refractivity contribution is -0.124. The molecule has 3 rings (SSSR count). The molecule has 2 aliphatic rings. The lowest BCUT2D eigenvalue weighted by Gasteiger charge is -2.03. The van der Waals surface area contributed by atoms with Crippen LogP contribution in [0.4, 0.5) is 0 Å². The van der Waals surface area contributed by atoms with E-state index < -0.39 is 0 Å². The van der Waals surface area contributed by atoms with E-state index in [4.69, 9.17) is 9.47 Å². The summed E-state index contributed by atoms with van der Waals surface area (Å²) in [6.45, 7) is 0.222. The van der Waals surface area contributed by atoms with Gasteiger partial charge in [-0.05, 0) is 36.6 Å². The second kappa shape index (κ2) is 5.87. The highest BCUT2D eigenvalue weighted by molar-refractivity contribution is 5.94. The van der Waals surface area contributed by atoms with Crippen molar-refractivity contribution in [3.05, 3.63) is 29.8 Å². The topological polar surface area (TPSA) is 76.7 Å². The van der Waals surface area contributed by atoms with Gasteiger partial charge in [0.1, 0.15) is 0 Å². The minimum absolute atomic E-state index is 0.000806. The van der Waals surface area contributed by atoms with Gasteiger partial charge in [-0.15, -0.1) is 0 Å². The fraction of sp³-hybridized carbons (Fsp3) is 0.333. The number of amides is 2. The Morgan fingerprint density at radius 3 is 2.86 bits per heavy atom. The number of carbonyl (C=O) groups is 2. The van der Waals surface area contributed by atoms with Gasteiger partial charge in [0.25, 0.3) is 0 Å². The van der Waals surface area contributed by atoms with Gasteiger partial charge in [0.15, 0.2) is 11.5 Å². The van der Waals surface area contributed by atoms with Crippen LogP contribution in [0.2, 0.25) is 0 Å². The molecule has 1 saturated carbocycles. The van der Waals surface area contributed by atoms with Crippen LogP contribution in [0, 0.1) is 0 Å². The van der Waals surface area contributed by atoms with Crippen molar-refractivity contribution < 1.29 is 19.1 Å². The van der Waals surface area contributed by atoms with Crippen molar-refractivity contribution in [3.63, 3.8) is 0 Å². The van der Waals surface area contributed by atoms with Gasteiger partial charge in [-0.2, -0.15) is 0 Å². The number of rotatable bonds is 5. The van der Waals surface area contributed by atoms with Gasteiger partial charge in [0, 0.05) is 12.1 Å². The molecular weight excluding hydrogens is 272 g/mol. The average Bonchev–Trinajstić information content (AvgIpc) is 3.16. The maximum Gasteiger partial charge on any atom is 0.244 e. The lowest BCUT2D eigenvalue weighted by atomic mass is 10.2. The van der Waals surface area contributed by atoms with E-state index in [1.807, 2.05) is 6.07 Å². The zero-order chi connectivity index (χ0) is 14.7. The maximum atomic E-state index is 11.6. The van der Waals surface area contributed by atoms with Crippen LogP contribution in [0.1, 0.15) is 18.4 Å². The largest absolute Gasteiger partial charge is 0.454 e. The molecule has 1 aromatic rings. The van der Waals surface area contributed by atoms with Crippen LogP contribution in [-0.2, 0) is 9.59 Å². The number of carbonyl (C=O) groups excluding carboxylic acids is 2. The first-order chi connectivity index (χ1) is 10.2. The fourth-order valence-electron chi connectivity index (χ4n) is 1.92. The summed E-state index contributed by atoms with van der Waals surface area (Å²) >= 11 is 0. The van der Waals surface area contributed by atoms with E-state index in [1.54, 1.807) is 18.2 Å². The molecular formula is C15H16N2O4. The van der Waals surface area contributed by atoms with Gasteiger partial charge in [-0.1, -0.05) is 6.07 Å². The predicted molar refractivity (Wildman–Crippen MR) is 75.8 cm³/mol. The molecule has 1 aliphatic heterocycles. The standard InChI is InChI=1S/C15H16N2O4/c18-14(16-8-15(19)17-11-3-4-11)6-2-10-1-5-12-13(7-10)21-9-20-12/h1-2,5-7,11H,3-4,8-9H2,(H,16,18)(H,17,19)/b6-2+. The van der Waals surface area contributed by atoms with Crippen molar-refractivity contribution in [2.75, 3.05) is 13.3 Å². The molecule has 6 nitrogen and oxygen atoms in total. The third kappa shape index (κ3) is 3.75. The van der Waals surface area contributed by atoms with Crippen LogP contribution in [0.15, 0.2) is 24.3 Å². The van der Waals surface area contributed by atoms with Crippen LogP contribution in [-0.4, -0.2) is 31.2 Å². The van der Waals surface area contributed by atoms with Crippen molar-refractivity contribution in [3.8, 4) is 11.5 Å². The van der Waals surface area contributed by atoms with E-state index >= 15 is 0 Å². The van der Waals surface area contributed by atoms with E-state index in [9.17, 15) is 9.59 Å². The molecule has 2 N–H and O–H groups in total. The molecule has 0 radical (unpaired) electrons. The van der Waals surface area contributed by atoms with Gasteiger partial charge < -0.3 is 20.1 Å². The first-order valence-corrected chi connectivity index (χ1v) is 6.85. The van der Waals surface area contributed by atoms with Crippen molar-refractivity contribution in [2.24, 2.45) is 0 Å². The Kier molecular flexibility index (Phi) is 3.77. The molecule has 110 valence electrons. The van der Waals surface area contributed by atoms with E-state index in [1.165, 1.54) is 6.08 Å². The third-order valence-electron chi connectivity index (χ3n) is 3.19. The minimum atomic E-state index is -0.307. The number of hydrogen-bond donors (Lipinski definition) is 2. The van der Waals surface area contributed by atoms with Crippen LogP contribution < -0.4 is 20.1 Å². The van der Waals surface area contributed by atoms with Crippen molar-refractivity contribution >= 4 is 17.9 Å².